The second-order valence-electron chi connectivity index (χ2n) is 12.2. The predicted molar refractivity (Wildman–Crippen MR) is 162 cm³/mol. The van der Waals surface area contributed by atoms with Crippen LogP contribution in [0.15, 0.2) is 30.3 Å². The number of rotatable bonds is 9. The number of hydrogen-bond donors (Lipinski definition) is 2. The van der Waals surface area contributed by atoms with E-state index in [0.29, 0.717) is 52.3 Å². The summed E-state index contributed by atoms with van der Waals surface area (Å²) in [6.45, 7) is -0.786. The molecule has 6 heterocycles. The topological polar surface area (TPSA) is 123 Å². The first kappa shape index (κ1) is 29.0. The minimum atomic E-state index is -4.26. The molecule has 4 aromatic heterocycles. The Labute approximate surface area is 253 Å². The summed E-state index contributed by atoms with van der Waals surface area (Å²) in [4.78, 5) is 22.8. The number of imidazole rings is 1. The lowest BCUT2D eigenvalue weighted by atomic mass is 9.99. The number of halogens is 2. The summed E-state index contributed by atoms with van der Waals surface area (Å²) in [5, 5.41) is 7.49. The summed E-state index contributed by atoms with van der Waals surface area (Å²) in [6, 6.07) is 9.16. The number of hydrogen-bond acceptors (Lipinski definition) is 7. The Morgan fingerprint density at radius 1 is 1.14 bits per heavy atom. The van der Waals surface area contributed by atoms with Gasteiger partial charge in [-0.15, -0.1) is 0 Å². The van der Waals surface area contributed by atoms with Crippen LogP contribution in [0, 0.1) is 12.8 Å². The van der Waals surface area contributed by atoms with Gasteiger partial charge in [0.25, 0.3) is 5.91 Å². The molecule has 2 aliphatic heterocycles. The molecule has 2 bridgehead atoms. The predicted octanol–water partition coefficient (Wildman–Crippen LogP) is 4.08. The number of nitrogens with one attached hydrogen (secondary N) is 2. The van der Waals surface area contributed by atoms with Crippen LogP contribution in [0.4, 0.5) is 14.6 Å². The van der Waals surface area contributed by atoms with Gasteiger partial charge in [0.15, 0.2) is 5.88 Å². The fourth-order valence-electron chi connectivity index (χ4n) is 6.80. The van der Waals surface area contributed by atoms with Crippen molar-refractivity contribution in [1.82, 2.24) is 29.6 Å². The van der Waals surface area contributed by atoms with Crippen molar-refractivity contribution in [2.24, 2.45) is 5.92 Å². The quantitative estimate of drug-likeness (QED) is 0.268. The monoisotopic (exact) mass is 627 g/mol. The van der Waals surface area contributed by atoms with E-state index in [-0.39, 0.29) is 28.1 Å². The molecule has 3 aliphatic rings. The Morgan fingerprint density at radius 3 is 2.61 bits per heavy atom. The normalized spacial score (nSPS) is 21.8. The summed E-state index contributed by atoms with van der Waals surface area (Å²) >= 11 is 0. The standard InChI is InChI=1S/C30H35F2N7O4S/c1-16-27(23-12-18-6-11-24(39(30(31)32)44(3,41)42)36-28(18)37(23)15-17-4-5-17)35-25-13-19(14-26(43-2)38(16)25)29(40)34-22-10-8-20-7-9-21(22)33-20/h6,11-14,17,20-22,30,33H,4-5,7-10,15H2,1-3H3,(H,34,40)/t20-,21?,22+/m0/s1. The summed E-state index contributed by atoms with van der Waals surface area (Å²) < 4.78 is 61.5. The number of aromatic nitrogens is 4. The fourth-order valence-corrected chi connectivity index (χ4v) is 7.53. The Hall–Kier alpha value is -3.78. The molecule has 1 aliphatic carbocycles. The van der Waals surface area contributed by atoms with Gasteiger partial charge in [-0.25, -0.2) is 18.4 Å². The molecule has 3 fully saturated rings. The largest absolute Gasteiger partial charge is 0.482 e. The van der Waals surface area contributed by atoms with Gasteiger partial charge < -0.3 is 19.9 Å². The molecule has 234 valence electrons. The summed E-state index contributed by atoms with van der Waals surface area (Å²) in [6.07, 6.45) is 6.98. The van der Waals surface area contributed by atoms with Crippen molar-refractivity contribution in [3.63, 3.8) is 0 Å². The number of carbonyl (C=O) groups excluding carboxylic acids is 1. The van der Waals surface area contributed by atoms with E-state index in [9.17, 15) is 22.0 Å². The molecule has 14 heteroatoms. The SMILES string of the molecule is COc1cc(C(=O)N[C@@H]2CC[C@@H]3CCC2N3)cc2nc(-c3cc4ccc(N(C(F)F)S(C)(=O)=O)nc4n3CC3CC3)c(C)n12. The minimum absolute atomic E-state index is 0.0304. The van der Waals surface area contributed by atoms with Crippen LogP contribution in [0.1, 0.15) is 54.6 Å². The van der Waals surface area contributed by atoms with Crippen LogP contribution in [-0.4, -0.2) is 71.3 Å². The summed E-state index contributed by atoms with van der Waals surface area (Å²) in [7, 11) is -2.72. The van der Waals surface area contributed by atoms with Crippen LogP contribution < -0.4 is 19.7 Å². The van der Waals surface area contributed by atoms with Crippen molar-refractivity contribution in [3.8, 4) is 17.3 Å². The van der Waals surface area contributed by atoms with E-state index in [2.05, 4.69) is 15.6 Å². The third kappa shape index (κ3) is 5.07. The molecule has 2 N–H and O–H groups in total. The van der Waals surface area contributed by atoms with E-state index < -0.39 is 16.6 Å². The first-order valence-corrected chi connectivity index (χ1v) is 16.8. The molecule has 1 amide bonds. The third-order valence-electron chi connectivity index (χ3n) is 9.16. The number of pyridine rings is 2. The van der Waals surface area contributed by atoms with Gasteiger partial charge >= 0.3 is 6.55 Å². The van der Waals surface area contributed by atoms with Crippen molar-refractivity contribution in [2.45, 2.75) is 76.7 Å². The van der Waals surface area contributed by atoms with E-state index in [1.54, 1.807) is 25.3 Å². The van der Waals surface area contributed by atoms with Gasteiger partial charge in [-0.05, 0) is 75.6 Å². The van der Waals surface area contributed by atoms with E-state index in [0.717, 1.165) is 56.2 Å². The van der Waals surface area contributed by atoms with Crippen LogP contribution in [0.5, 0.6) is 5.88 Å². The maximum Gasteiger partial charge on any atom is 0.329 e. The molecule has 0 radical (unpaired) electrons. The number of ether oxygens (including phenoxy) is 1. The number of fused-ring (bicyclic) bond motifs is 4. The van der Waals surface area contributed by atoms with Gasteiger partial charge in [0.1, 0.15) is 22.8 Å². The first-order chi connectivity index (χ1) is 21.0. The molecule has 44 heavy (non-hydrogen) atoms. The van der Waals surface area contributed by atoms with Gasteiger partial charge in [0.2, 0.25) is 10.0 Å². The molecule has 7 rings (SSSR count). The summed E-state index contributed by atoms with van der Waals surface area (Å²) in [5.74, 6) is 0.321. The van der Waals surface area contributed by atoms with Crippen molar-refractivity contribution in [1.29, 1.82) is 0 Å². The highest BCUT2D eigenvalue weighted by atomic mass is 32.2. The second kappa shape index (κ2) is 10.7. The number of nitrogens with zero attached hydrogens (tertiary/aromatic N) is 5. The smallest absolute Gasteiger partial charge is 0.329 e. The number of aryl methyl sites for hydroxylation is 1. The highest BCUT2D eigenvalue weighted by molar-refractivity contribution is 7.92. The van der Waals surface area contributed by atoms with Crippen molar-refractivity contribution in [3.05, 3.63) is 41.6 Å². The van der Waals surface area contributed by atoms with Gasteiger partial charge in [0.05, 0.1) is 24.8 Å². The van der Waals surface area contributed by atoms with Crippen molar-refractivity contribution >= 4 is 38.4 Å². The van der Waals surface area contributed by atoms with Gasteiger partial charge in [-0.1, -0.05) is 0 Å². The van der Waals surface area contributed by atoms with Crippen LogP contribution >= 0.6 is 0 Å². The third-order valence-corrected chi connectivity index (χ3v) is 10.2. The maximum absolute atomic E-state index is 13.8. The average molecular weight is 628 g/mol. The van der Waals surface area contributed by atoms with Gasteiger partial charge in [0, 0.05) is 41.7 Å². The number of anilines is 1. The Morgan fingerprint density at radius 2 is 1.91 bits per heavy atom. The maximum atomic E-state index is 13.8. The molecule has 3 atom stereocenters. The van der Waals surface area contributed by atoms with Crippen LogP contribution in [0.2, 0.25) is 0 Å². The second-order valence-corrected chi connectivity index (χ2v) is 14.1. The highest BCUT2D eigenvalue weighted by Gasteiger charge is 2.36. The number of alkyl halides is 2. The zero-order valence-electron chi connectivity index (χ0n) is 24.8. The number of methoxy groups -OCH3 is 1. The minimum Gasteiger partial charge on any atom is -0.482 e. The lowest BCUT2D eigenvalue weighted by Gasteiger charge is -2.30. The van der Waals surface area contributed by atoms with E-state index in [1.165, 1.54) is 6.07 Å². The Balaban J connectivity index is 1.30. The van der Waals surface area contributed by atoms with Crippen LogP contribution in [0.3, 0.4) is 0 Å². The Kier molecular flexibility index (Phi) is 7.03. The molecule has 0 spiro atoms. The van der Waals surface area contributed by atoms with Crippen molar-refractivity contribution in [2.75, 3.05) is 17.7 Å². The molecular formula is C30H35F2N7O4S. The molecule has 4 aromatic rings. The van der Waals surface area contributed by atoms with Gasteiger partial charge in [-0.2, -0.15) is 13.1 Å². The highest BCUT2D eigenvalue weighted by Crippen LogP contribution is 2.38. The summed E-state index contributed by atoms with van der Waals surface area (Å²) in [5.41, 5.74) is 3.49. The zero-order valence-corrected chi connectivity index (χ0v) is 25.6. The number of piperidine rings is 1. The molecule has 1 unspecified atom stereocenters. The first-order valence-electron chi connectivity index (χ1n) is 14.9. The molecule has 1 saturated carbocycles. The van der Waals surface area contributed by atoms with E-state index in [1.807, 2.05) is 22.0 Å². The van der Waals surface area contributed by atoms with E-state index >= 15 is 0 Å². The molecule has 0 aromatic carbocycles. The van der Waals surface area contributed by atoms with E-state index in [4.69, 9.17) is 9.72 Å². The zero-order chi connectivity index (χ0) is 30.9. The molecular weight excluding hydrogens is 592 g/mol. The van der Waals surface area contributed by atoms with Crippen molar-refractivity contribution < 1.29 is 26.7 Å². The number of amides is 1. The molecule has 2 saturated heterocycles. The van der Waals surface area contributed by atoms with Crippen LogP contribution in [-0.2, 0) is 16.6 Å². The molecule has 11 nitrogen and oxygen atoms in total. The van der Waals surface area contributed by atoms with Crippen LogP contribution in [0.25, 0.3) is 28.1 Å². The Bertz CT molecular complexity index is 1890. The number of sulfonamides is 1. The lowest BCUT2D eigenvalue weighted by molar-refractivity contribution is 0.0919. The average Bonchev–Trinajstić information content (AvgIpc) is 3.48. The van der Waals surface area contributed by atoms with Gasteiger partial charge in [-0.3, -0.25) is 9.20 Å². The lowest BCUT2D eigenvalue weighted by Crippen LogP contribution is -2.52. The number of carbonyl (C=O) groups is 1. The fraction of sp³-hybridized carbons (Fsp3) is 0.500.